The highest BCUT2D eigenvalue weighted by Gasteiger charge is 2.32. The normalized spacial score (nSPS) is 17.6. The quantitative estimate of drug-likeness (QED) is 0.742. The summed E-state index contributed by atoms with van der Waals surface area (Å²) in [5.41, 5.74) is 3.97. The molecule has 2 N–H and O–H groups in total. The Hall–Kier alpha value is -3.33. The van der Waals surface area contributed by atoms with Crippen LogP contribution in [-0.2, 0) is 11.3 Å². The third-order valence-corrected chi connectivity index (χ3v) is 4.99. The largest absolute Gasteiger partial charge is 0.573 e. The zero-order chi connectivity index (χ0) is 21.5. The number of anilines is 1. The summed E-state index contributed by atoms with van der Waals surface area (Å²) in [5.74, 6) is -0.614. The number of halogens is 3. The second-order valence-electron chi connectivity index (χ2n) is 6.92. The number of β-amino-alcohol motifs (C(OH)–C–C–N with tert-alkyl or cyclic N) is 1. The van der Waals surface area contributed by atoms with Gasteiger partial charge >= 0.3 is 6.36 Å². The summed E-state index contributed by atoms with van der Waals surface area (Å²) in [6, 6.07) is 7.35. The zero-order valence-electron chi connectivity index (χ0n) is 15.7. The molecule has 1 atom stereocenters. The lowest BCUT2D eigenvalue weighted by Crippen LogP contribution is -2.37. The van der Waals surface area contributed by atoms with Gasteiger partial charge in [0.2, 0.25) is 5.91 Å². The van der Waals surface area contributed by atoms with E-state index >= 15 is 0 Å². The molecule has 156 valence electrons. The van der Waals surface area contributed by atoms with Crippen LogP contribution in [0, 0.1) is 0 Å². The number of benzene rings is 2. The molecule has 0 saturated carbocycles. The first-order chi connectivity index (χ1) is 14.3. The molecule has 1 unspecified atom stereocenters. The number of fused-ring (bicyclic) bond motifs is 3. The standard InChI is InChI=1S/C21H18F3N3O3/c1-2-17(29)27-10-13-9-15(12-3-5-14(6-4-12)30-21(22,23)24)19-20(26-8-7-25-19)18(13)16(28)11-27/h2-6,8-9,16,25,28H,1,7,10-11H2. The van der Waals surface area contributed by atoms with Crippen LogP contribution in [0.15, 0.2) is 48.0 Å². The SMILES string of the molecule is C=CC(=O)N1Cc2cc(-c3ccc(OC(F)(F)F)cc3)c3c(c2C(O)C1)N=CCN3. The van der Waals surface area contributed by atoms with E-state index in [1.165, 1.54) is 35.2 Å². The number of alkyl halides is 3. The third-order valence-electron chi connectivity index (χ3n) is 4.99. The van der Waals surface area contributed by atoms with Gasteiger partial charge in [0.1, 0.15) is 5.75 Å². The smallest absolute Gasteiger partial charge is 0.406 e. The molecule has 2 aromatic carbocycles. The minimum atomic E-state index is -4.76. The van der Waals surface area contributed by atoms with Gasteiger partial charge in [-0.3, -0.25) is 9.79 Å². The van der Waals surface area contributed by atoms with Gasteiger partial charge in [-0.2, -0.15) is 0 Å². The van der Waals surface area contributed by atoms with Gasteiger partial charge in [-0.1, -0.05) is 18.7 Å². The summed E-state index contributed by atoms with van der Waals surface area (Å²) >= 11 is 0. The Bertz CT molecular complexity index is 1030. The summed E-state index contributed by atoms with van der Waals surface area (Å²) in [6.07, 6.45) is -2.81. The molecule has 0 radical (unpaired) electrons. The zero-order valence-corrected chi connectivity index (χ0v) is 15.7. The maximum absolute atomic E-state index is 12.4. The number of hydrogen-bond donors (Lipinski definition) is 2. The van der Waals surface area contributed by atoms with Crippen molar-refractivity contribution in [1.29, 1.82) is 0 Å². The molecule has 0 aliphatic carbocycles. The number of aliphatic hydroxyl groups excluding tert-OH is 1. The number of nitrogens with one attached hydrogen (secondary N) is 1. The molecule has 2 aliphatic heterocycles. The Morgan fingerprint density at radius 1 is 1.33 bits per heavy atom. The first-order valence-corrected chi connectivity index (χ1v) is 9.18. The highest BCUT2D eigenvalue weighted by molar-refractivity contribution is 5.94. The summed E-state index contributed by atoms with van der Waals surface area (Å²) in [5, 5.41) is 13.9. The number of carbonyl (C=O) groups is 1. The van der Waals surface area contributed by atoms with Crippen LogP contribution < -0.4 is 10.1 Å². The second-order valence-corrected chi connectivity index (χ2v) is 6.92. The molecule has 4 rings (SSSR count). The van der Waals surface area contributed by atoms with Gasteiger partial charge in [-0.05, 0) is 35.4 Å². The van der Waals surface area contributed by atoms with Crippen molar-refractivity contribution in [3.63, 3.8) is 0 Å². The molecule has 2 aliphatic rings. The van der Waals surface area contributed by atoms with Gasteiger partial charge in [0.15, 0.2) is 0 Å². The highest BCUT2D eigenvalue weighted by atomic mass is 19.4. The number of amides is 1. The molecule has 0 spiro atoms. The van der Waals surface area contributed by atoms with Crippen molar-refractivity contribution in [3.8, 4) is 16.9 Å². The van der Waals surface area contributed by atoms with Crippen molar-refractivity contribution < 1.29 is 27.8 Å². The minimum Gasteiger partial charge on any atom is -0.406 e. The number of aliphatic imine (C=N–C) groups is 1. The van der Waals surface area contributed by atoms with Gasteiger partial charge in [0.05, 0.1) is 30.6 Å². The molecule has 0 bridgehead atoms. The second kappa shape index (κ2) is 7.49. The third kappa shape index (κ3) is 3.76. The summed E-state index contributed by atoms with van der Waals surface area (Å²) < 4.78 is 41.2. The van der Waals surface area contributed by atoms with E-state index in [0.29, 0.717) is 40.2 Å². The van der Waals surface area contributed by atoms with Crippen LogP contribution in [0.4, 0.5) is 24.5 Å². The maximum atomic E-state index is 12.4. The van der Waals surface area contributed by atoms with Crippen LogP contribution in [0.1, 0.15) is 17.2 Å². The molecule has 1 amide bonds. The van der Waals surface area contributed by atoms with Gasteiger partial charge in [0.25, 0.3) is 0 Å². The molecule has 2 heterocycles. The predicted molar refractivity (Wildman–Crippen MR) is 106 cm³/mol. The average Bonchev–Trinajstić information content (AvgIpc) is 2.71. The molecule has 9 heteroatoms. The van der Waals surface area contributed by atoms with Crippen molar-refractivity contribution in [2.24, 2.45) is 4.99 Å². The monoisotopic (exact) mass is 417 g/mol. The van der Waals surface area contributed by atoms with Crippen LogP contribution >= 0.6 is 0 Å². The summed E-state index contributed by atoms with van der Waals surface area (Å²) in [4.78, 5) is 18.0. The van der Waals surface area contributed by atoms with Crippen LogP contribution in [0.5, 0.6) is 5.75 Å². The van der Waals surface area contributed by atoms with E-state index < -0.39 is 12.5 Å². The summed E-state index contributed by atoms with van der Waals surface area (Å²) in [7, 11) is 0. The first-order valence-electron chi connectivity index (χ1n) is 9.18. The topological polar surface area (TPSA) is 74.2 Å². The number of nitrogens with zero attached hydrogens (tertiary/aromatic N) is 2. The Kier molecular flexibility index (Phi) is 4.98. The Morgan fingerprint density at radius 2 is 2.07 bits per heavy atom. The maximum Gasteiger partial charge on any atom is 0.573 e. The summed E-state index contributed by atoms with van der Waals surface area (Å²) in [6.45, 7) is 4.36. The van der Waals surface area contributed by atoms with Crippen LogP contribution in [0.3, 0.4) is 0 Å². The predicted octanol–water partition coefficient (Wildman–Crippen LogP) is 3.94. The van der Waals surface area contributed by atoms with Gasteiger partial charge in [0, 0.05) is 23.9 Å². The van der Waals surface area contributed by atoms with Crippen LogP contribution in [-0.4, -0.2) is 41.6 Å². The lowest BCUT2D eigenvalue weighted by Gasteiger charge is -2.34. The van der Waals surface area contributed by atoms with E-state index in [9.17, 15) is 23.1 Å². The Morgan fingerprint density at radius 3 is 2.73 bits per heavy atom. The van der Waals surface area contributed by atoms with Crippen molar-refractivity contribution >= 4 is 23.5 Å². The molecule has 30 heavy (non-hydrogen) atoms. The molecule has 6 nitrogen and oxygen atoms in total. The molecule has 0 saturated heterocycles. The van der Waals surface area contributed by atoms with E-state index in [-0.39, 0.29) is 24.7 Å². The van der Waals surface area contributed by atoms with E-state index in [2.05, 4.69) is 21.6 Å². The number of rotatable bonds is 3. The number of carbonyl (C=O) groups excluding carboxylic acids is 1. The van der Waals surface area contributed by atoms with E-state index in [1.807, 2.05) is 6.07 Å². The van der Waals surface area contributed by atoms with Gasteiger partial charge in [-0.15, -0.1) is 13.2 Å². The molecule has 0 fully saturated rings. The lowest BCUT2D eigenvalue weighted by molar-refractivity contribution is -0.274. The number of hydrogen-bond acceptors (Lipinski definition) is 5. The molecular formula is C21H18F3N3O3. The Balaban J connectivity index is 1.79. The van der Waals surface area contributed by atoms with Crippen molar-refractivity contribution in [2.45, 2.75) is 19.0 Å². The van der Waals surface area contributed by atoms with E-state index in [0.717, 1.165) is 0 Å². The molecule has 2 aromatic rings. The van der Waals surface area contributed by atoms with E-state index in [1.54, 1.807) is 6.21 Å². The van der Waals surface area contributed by atoms with Crippen LogP contribution in [0.2, 0.25) is 0 Å². The first kappa shape index (κ1) is 20.0. The fourth-order valence-electron chi connectivity index (χ4n) is 3.77. The van der Waals surface area contributed by atoms with Crippen molar-refractivity contribution in [1.82, 2.24) is 4.90 Å². The average molecular weight is 417 g/mol. The van der Waals surface area contributed by atoms with Gasteiger partial charge < -0.3 is 20.1 Å². The number of aliphatic hydroxyl groups is 1. The minimum absolute atomic E-state index is 0.128. The number of ether oxygens (including phenoxy) is 1. The Labute approximate surface area is 170 Å². The molecule has 0 aromatic heterocycles. The molecular weight excluding hydrogens is 399 g/mol. The van der Waals surface area contributed by atoms with E-state index in [4.69, 9.17) is 0 Å². The lowest BCUT2D eigenvalue weighted by atomic mass is 9.89. The van der Waals surface area contributed by atoms with Crippen molar-refractivity contribution in [3.05, 3.63) is 54.1 Å². The van der Waals surface area contributed by atoms with Crippen LogP contribution in [0.25, 0.3) is 11.1 Å². The van der Waals surface area contributed by atoms with Crippen molar-refractivity contribution in [2.75, 3.05) is 18.4 Å². The fraction of sp³-hybridized carbons (Fsp3) is 0.238. The fourth-order valence-corrected chi connectivity index (χ4v) is 3.77. The highest BCUT2D eigenvalue weighted by Crippen LogP contribution is 2.46. The van der Waals surface area contributed by atoms with Gasteiger partial charge in [-0.25, -0.2) is 0 Å².